The summed E-state index contributed by atoms with van der Waals surface area (Å²) >= 11 is 3.41. The van der Waals surface area contributed by atoms with E-state index in [0.717, 1.165) is 22.9 Å². The second kappa shape index (κ2) is 5.77. The second-order valence-electron chi connectivity index (χ2n) is 4.89. The summed E-state index contributed by atoms with van der Waals surface area (Å²) in [7, 11) is 0. The number of nitrogens with one attached hydrogen (secondary N) is 1. The van der Waals surface area contributed by atoms with Gasteiger partial charge in [-0.2, -0.15) is 11.3 Å². The molecule has 3 aromatic rings. The monoisotopic (exact) mass is 300 g/mol. The minimum absolute atomic E-state index is 0.767. The van der Waals surface area contributed by atoms with Gasteiger partial charge in [-0.15, -0.1) is 11.3 Å². The molecule has 0 bridgehead atoms. The Bertz CT molecular complexity index is 679. The Kier molecular flexibility index (Phi) is 3.85. The molecule has 0 atom stereocenters. The highest BCUT2D eigenvalue weighted by Gasteiger charge is 2.05. The fraction of sp³-hybridized carbons (Fsp3) is 0.188. The maximum absolute atomic E-state index is 4.68. The standard InChI is InChI=1S/C16H16N2S2/c1-11-5-12(2)7-14(6-11)17-8-15-10-20-16(18-15)13-3-4-19-9-13/h3-7,9-10,17H,8H2,1-2H3. The Hall–Kier alpha value is -1.65. The van der Waals surface area contributed by atoms with Gasteiger partial charge in [0.2, 0.25) is 0 Å². The Morgan fingerprint density at radius 3 is 2.60 bits per heavy atom. The van der Waals surface area contributed by atoms with Crippen molar-refractivity contribution >= 4 is 28.4 Å². The van der Waals surface area contributed by atoms with Gasteiger partial charge in [0, 0.05) is 22.0 Å². The molecule has 20 heavy (non-hydrogen) atoms. The minimum Gasteiger partial charge on any atom is -0.379 e. The van der Waals surface area contributed by atoms with Crippen LogP contribution in [0.2, 0.25) is 0 Å². The SMILES string of the molecule is Cc1cc(C)cc(NCc2csc(-c3ccsc3)n2)c1. The average molecular weight is 300 g/mol. The number of anilines is 1. The highest BCUT2D eigenvalue weighted by molar-refractivity contribution is 7.14. The third-order valence-corrected chi connectivity index (χ3v) is 4.64. The molecular formula is C16H16N2S2. The zero-order valence-electron chi connectivity index (χ0n) is 11.5. The molecule has 4 heteroatoms. The second-order valence-corrected chi connectivity index (χ2v) is 6.52. The van der Waals surface area contributed by atoms with E-state index in [1.807, 2.05) is 0 Å². The summed E-state index contributed by atoms with van der Waals surface area (Å²) < 4.78 is 0. The fourth-order valence-electron chi connectivity index (χ4n) is 2.18. The number of aryl methyl sites for hydroxylation is 2. The van der Waals surface area contributed by atoms with Gasteiger partial charge in [0.1, 0.15) is 5.01 Å². The largest absolute Gasteiger partial charge is 0.379 e. The molecular weight excluding hydrogens is 284 g/mol. The van der Waals surface area contributed by atoms with Gasteiger partial charge < -0.3 is 5.32 Å². The molecule has 0 saturated carbocycles. The lowest BCUT2D eigenvalue weighted by molar-refractivity contribution is 1.07. The average Bonchev–Trinajstić information content (AvgIpc) is 3.06. The molecule has 0 fully saturated rings. The first-order valence-corrected chi connectivity index (χ1v) is 8.32. The van der Waals surface area contributed by atoms with E-state index < -0.39 is 0 Å². The zero-order valence-corrected chi connectivity index (χ0v) is 13.1. The van der Waals surface area contributed by atoms with Gasteiger partial charge in [-0.3, -0.25) is 0 Å². The van der Waals surface area contributed by atoms with Crippen molar-refractivity contribution < 1.29 is 0 Å². The van der Waals surface area contributed by atoms with Gasteiger partial charge in [0.15, 0.2) is 0 Å². The highest BCUT2D eigenvalue weighted by Crippen LogP contribution is 2.26. The lowest BCUT2D eigenvalue weighted by Crippen LogP contribution is -2.00. The summed E-state index contributed by atoms with van der Waals surface area (Å²) in [6.45, 7) is 5.01. The number of thiazole rings is 1. The van der Waals surface area contributed by atoms with Crippen LogP contribution < -0.4 is 5.32 Å². The molecule has 0 saturated heterocycles. The van der Waals surface area contributed by atoms with E-state index in [1.54, 1.807) is 22.7 Å². The smallest absolute Gasteiger partial charge is 0.124 e. The molecule has 2 nitrogen and oxygen atoms in total. The van der Waals surface area contributed by atoms with Crippen molar-refractivity contribution in [1.29, 1.82) is 0 Å². The van der Waals surface area contributed by atoms with E-state index in [-0.39, 0.29) is 0 Å². The third kappa shape index (κ3) is 3.08. The van der Waals surface area contributed by atoms with Crippen molar-refractivity contribution in [2.24, 2.45) is 0 Å². The fourth-order valence-corrected chi connectivity index (χ4v) is 3.71. The molecule has 0 aliphatic carbocycles. The van der Waals surface area contributed by atoms with E-state index in [4.69, 9.17) is 0 Å². The van der Waals surface area contributed by atoms with Crippen LogP contribution in [0.3, 0.4) is 0 Å². The Morgan fingerprint density at radius 2 is 1.90 bits per heavy atom. The Morgan fingerprint density at radius 1 is 1.10 bits per heavy atom. The van der Waals surface area contributed by atoms with E-state index in [1.165, 1.54) is 16.7 Å². The van der Waals surface area contributed by atoms with Crippen LogP contribution in [0.1, 0.15) is 16.8 Å². The summed E-state index contributed by atoms with van der Waals surface area (Å²) in [5.41, 5.74) is 6.04. The van der Waals surface area contributed by atoms with Crippen LogP contribution in [0.25, 0.3) is 10.6 Å². The molecule has 0 aliphatic heterocycles. The lowest BCUT2D eigenvalue weighted by atomic mass is 10.1. The highest BCUT2D eigenvalue weighted by atomic mass is 32.1. The van der Waals surface area contributed by atoms with Crippen LogP contribution >= 0.6 is 22.7 Å². The predicted octanol–water partition coefficient (Wildman–Crippen LogP) is 5.10. The summed E-state index contributed by atoms with van der Waals surface area (Å²) in [4.78, 5) is 4.68. The van der Waals surface area contributed by atoms with Gasteiger partial charge in [0.25, 0.3) is 0 Å². The van der Waals surface area contributed by atoms with Crippen molar-refractivity contribution in [3.8, 4) is 10.6 Å². The number of aromatic nitrogens is 1. The van der Waals surface area contributed by atoms with Gasteiger partial charge in [-0.25, -0.2) is 4.98 Å². The topological polar surface area (TPSA) is 24.9 Å². The van der Waals surface area contributed by atoms with Crippen molar-refractivity contribution in [3.05, 3.63) is 57.2 Å². The van der Waals surface area contributed by atoms with Gasteiger partial charge in [0.05, 0.1) is 12.2 Å². The third-order valence-electron chi connectivity index (χ3n) is 3.02. The first-order chi connectivity index (χ1) is 9.70. The maximum Gasteiger partial charge on any atom is 0.124 e. The number of hydrogen-bond donors (Lipinski definition) is 1. The molecule has 102 valence electrons. The number of hydrogen-bond acceptors (Lipinski definition) is 4. The summed E-state index contributed by atoms with van der Waals surface area (Å²) in [6.07, 6.45) is 0. The summed E-state index contributed by atoms with van der Waals surface area (Å²) in [5.74, 6) is 0. The van der Waals surface area contributed by atoms with Gasteiger partial charge in [-0.1, -0.05) is 6.07 Å². The molecule has 0 spiro atoms. The Labute approximate surface area is 127 Å². The molecule has 2 aromatic heterocycles. The number of benzene rings is 1. The van der Waals surface area contributed by atoms with Crippen LogP contribution in [0.4, 0.5) is 5.69 Å². The molecule has 3 rings (SSSR count). The number of rotatable bonds is 4. The minimum atomic E-state index is 0.767. The summed E-state index contributed by atoms with van der Waals surface area (Å²) in [6, 6.07) is 8.63. The molecule has 1 aromatic carbocycles. The van der Waals surface area contributed by atoms with E-state index in [2.05, 4.69) is 64.6 Å². The summed E-state index contributed by atoms with van der Waals surface area (Å²) in [5, 5.41) is 10.9. The molecule has 0 aliphatic rings. The van der Waals surface area contributed by atoms with E-state index >= 15 is 0 Å². The van der Waals surface area contributed by atoms with Crippen LogP contribution in [0.15, 0.2) is 40.4 Å². The van der Waals surface area contributed by atoms with Crippen molar-refractivity contribution in [3.63, 3.8) is 0 Å². The zero-order chi connectivity index (χ0) is 13.9. The van der Waals surface area contributed by atoms with E-state index in [0.29, 0.717) is 0 Å². The van der Waals surface area contributed by atoms with Gasteiger partial charge in [-0.05, 0) is 48.6 Å². The van der Waals surface area contributed by atoms with Crippen molar-refractivity contribution in [2.75, 3.05) is 5.32 Å². The first kappa shape index (κ1) is 13.3. The van der Waals surface area contributed by atoms with Crippen molar-refractivity contribution in [2.45, 2.75) is 20.4 Å². The Balaban J connectivity index is 1.69. The quantitative estimate of drug-likeness (QED) is 0.725. The van der Waals surface area contributed by atoms with Crippen LogP contribution in [-0.4, -0.2) is 4.98 Å². The van der Waals surface area contributed by atoms with E-state index in [9.17, 15) is 0 Å². The molecule has 0 unspecified atom stereocenters. The van der Waals surface area contributed by atoms with Crippen LogP contribution in [0.5, 0.6) is 0 Å². The molecule has 1 N–H and O–H groups in total. The number of nitrogens with zero attached hydrogens (tertiary/aromatic N) is 1. The van der Waals surface area contributed by atoms with Crippen LogP contribution in [-0.2, 0) is 6.54 Å². The predicted molar refractivity (Wildman–Crippen MR) is 88.7 cm³/mol. The number of thiophene rings is 1. The molecule has 0 radical (unpaired) electrons. The van der Waals surface area contributed by atoms with Gasteiger partial charge >= 0.3 is 0 Å². The maximum atomic E-state index is 4.68. The normalized spacial score (nSPS) is 10.7. The van der Waals surface area contributed by atoms with Crippen LogP contribution in [0, 0.1) is 13.8 Å². The van der Waals surface area contributed by atoms with Crippen molar-refractivity contribution in [1.82, 2.24) is 4.98 Å². The first-order valence-electron chi connectivity index (χ1n) is 6.50. The molecule has 0 amide bonds. The lowest BCUT2D eigenvalue weighted by Gasteiger charge is -2.07. The molecule has 2 heterocycles.